The number of hydrogen-bond acceptors (Lipinski definition) is 7. The fraction of sp³-hybridized carbons (Fsp3) is 0.400. The topological polar surface area (TPSA) is 87.8 Å². The van der Waals surface area contributed by atoms with Crippen molar-refractivity contribution < 1.29 is 4.79 Å². The second kappa shape index (κ2) is 8.30. The molecule has 0 unspecified atom stereocenters. The van der Waals surface area contributed by atoms with Gasteiger partial charge in [-0.3, -0.25) is 14.2 Å². The SMILES string of the molecule is CCn1c(SCC(=O)NC2(C#N)CCCC2)nc2scc(-c3cccs3)c2c1=O. The average Bonchev–Trinajstić information content (AvgIpc) is 3.47. The Morgan fingerprint density at radius 2 is 2.21 bits per heavy atom. The van der Waals surface area contributed by atoms with E-state index >= 15 is 0 Å². The van der Waals surface area contributed by atoms with E-state index in [1.54, 1.807) is 15.9 Å². The van der Waals surface area contributed by atoms with Crippen molar-refractivity contribution in [3.05, 3.63) is 33.2 Å². The Bertz CT molecular complexity index is 1140. The highest BCUT2D eigenvalue weighted by Gasteiger charge is 2.35. The number of hydrogen-bond donors (Lipinski definition) is 1. The van der Waals surface area contributed by atoms with Crippen molar-refractivity contribution >= 4 is 50.6 Å². The molecule has 3 aromatic rings. The second-order valence-electron chi connectivity index (χ2n) is 6.99. The molecule has 0 atom stereocenters. The Hall–Kier alpha value is -2.15. The first-order valence-corrected chi connectivity index (χ1v) is 12.2. The van der Waals surface area contributed by atoms with Gasteiger partial charge in [-0.05, 0) is 44.1 Å². The summed E-state index contributed by atoms with van der Waals surface area (Å²) >= 11 is 4.30. The lowest BCUT2D eigenvalue weighted by Crippen LogP contribution is -2.45. The summed E-state index contributed by atoms with van der Waals surface area (Å²) in [6, 6.07) is 6.24. The van der Waals surface area contributed by atoms with Crippen molar-refractivity contribution in [2.75, 3.05) is 5.75 Å². The lowest BCUT2D eigenvalue weighted by Gasteiger charge is -2.21. The van der Waals surface area contributed by atoms with E-state index in [0.29, 0.717) is 34.8 Å². The number of thioether (sulfide) groups is 1. The fourth-order valence-corrected chi connectivity index (χ4v) is 6.35. The molecule has 1 fully saturated rings. The molecule has 4 rings (SSSR count). The van der Waals surface area contributed by atoms with Crippen LogP contribution in [-0.2, 0) is 11.3 Å². The van der Waals surface area contributed by atoms with Crippen molar-refractivity contribution in [2.45, 2.75) is 49.8 Å². The van der Waals surface area contributed by atoms with Crippen molar-refractivity contribution in [1.29, 1.82) is 5.26 Å². The highest BCUT2D eigenvalue weighted by Crippen LogP contribution is 2.34. The summed E-state index contributed by atoms with van der Waals surface area (Å²) in [5.41, 5.74) is 0.114. The van der Waals surface area contributed by atoms with Gasteiger partial charge in [0.1, 0.15) is 10.4 Å². The molecule has 3 heterocycles. The fourth-order valence-electron chi connectivity index (χ4n) is 3.68. The van der Waals surface area contributed by atoms with E-state index in [0.717, 1.165) is 23.3 Å². The molecule has 0 bridgehead atoms. The molecule has 0 spiro atoms. The molecule has 1 saturated carbocycles. The van der Waals surface area contributed by atoms with Crippen molar-refractivity contribution in [1.82, 2.24) is 14.9 Å². The molecule has 1 N–H and O–H groups in total. The van der Waals surface area contributed by atoms with Crippen LogP contribution in [0.5, 0.6) is 0 Å². The molecule has 0 saturated heterocycles. The van der Waals surface area contributed by atoms with E-state index in [4.69, 9.17) is 0 Å². The molecule has 29 heavy (non-hydrogen) atoms. The first-order chi connectivity index (χ1) is 14.1. The van der Waals surface area contributed by atoms with Gasteiger partial charge in [-0.1, -0.05) is 17.8 Å². The number of fused-ring (bicyclic) bond motifs is 1. The van der Waals surface area contributed by atoms with Crippen LogP contribution in [-0.4, -0.2) is 26.8 Å². The molecule has 1 aliphatic rings. The normalized spacial score (nSPS) is 15.4. The lowest BCUT2D eigenvalue weighted by molar-refractivity contribution is -0.119. The summed E-state index contributed by atoms with van der Waals surface area (Å²) in [7, 11) is 0. The van der Waals surface area contributed by atoms with E-state index in [-0.39, 0.29) is 17.2 Å². The number of aromatic nitrogens is 2. The summed E-state index contributed by atoms with van der Waals surface area (Å²) in [4.78, 5) is 32.0. The zero-order valence-corrected chi connectivity index (χ0v) is 18.4. The van der Waals surface area contributed by atoms with Gasteiger partial charge < -0.3 is 5.32 Å². The van der Waals surface area contributed by atoms with Crippen LogP contribution in [0.4, 0.5) is 0 Å². The highest BCUT2D eigenvalue weighted by molar-refractivity contribution is 7.99. The number of nitriles is 1. The first kappa shape index (κ1) is 20.1. The van der Waals surface area contributed by atoms with Gasteiger partial charge in [0.15, 0.2) is 5.16 Å². The summed E-state index contributed by atoms with van der Waals surface area (Å²) in [5.74, 6) is -0.0641. The minimum absolute atomic E-state index is 0.0747. The predicted molar refractivity (Wildman–Crippen MR) is 119 cm³/mol. The quantitative estimate of drug-likeness (QED) is 0.454. The standard InChI is InChI=1S/C20H20N4O2S3/c1-2-24-18(26)16-13(14-6-5-9-27-14)10-28-17(16)22-19(24)29-11-15(25)23-20(12-21)7-3-4-8-20/h5-6,9-10H,2-4,7-8,11H2,1H3,(H,23,25). The zero-order valence-electron chi connectivity index (χ0n) is 15.9. The lowest BCUT2D eigenvalue weighted by atomic mass is 10.0. The van der Waals surface area contributed by atoms with E-state index < -0.39 is 5.54 Å². The smallest absolute Gasteiger partial charge is 0.263 e. The molecule has 9 heteroatoms. The first-order valence-electron chi connectivity index (χ1n) is 9.48. The van der Waals surface area contributed by atoms with Gasteiger partial charge in [0.2, 0.25) is 5.91 Å². The maximum Gasteiger partial charge on any atom is 0.263 e. The van der Waals surface area contributed by atoms with Crippen LogP contribution >= 0.6 is 34.4 Å². The van der Waals surface area contributed by atoms with Gasteiger partial charge >= 0.3 is 0 Å². The Balaban J connectivity index is 1.59. The Labute approximate surface area is 180 Å². The maximum atomic E-state index is 13.2. The van der Waals surface area contributed by atoms with Crippen LogP contribution in [0.3, 0.4) is 0 Å². The van der Waals surface area contributed by atoms with Crippen molar-refractivity contribution in [3.63, 3.8) is 0 Å². The van der Waals surface area contributed by atoms with Gasteiger partial charge in [-0.2, -0.15) is 5.26 Å². The molecular weight excluding hydrogens is 424 g/mol. The Morgan fingerprint density at radius 3 is 2.86 bits per heavy atom. The molecule has 0 radical (unpaired) electrons. The molecule has 6 nitrogen and oxygen atoms in total. The third-order valence-electron chi connectivity index (χ3n) is 5.14. The van der Waals surface area contributed by atoms with Crippen LogP contribution in [0.15, 0.2) is 32.8 Å². The third kappa shape index (κ3) is 3.84. The summed E-state index contributed by atoms with van der Waals surface area (Å²) in [5, 5.41) is 17.5. The molecule has 0 aliphatic heterocycles. The number of amides is 1. The summed E-state index contributed by atoms with van der Waals surface area (Å²) in [6.45, 7) is 2.38. The van der Waals surface area contributed by atoms with E-state index in [9.17, 15) is 14.9 Å². The van der Waals surface area contributed by atoms with Crippen LogP contribution in [0, 0.1) is 11.3 Å². The predicted octanol–water partition coefficient (Wildman–Crippen LogP) is 4.25. The number of rotatable bonds is 6. The largest absolute Gasteiger partial charge is 0.337 e. The van der Waals surface area contributed by atoms with Crippen molar-refractivity contribution in [2.24, 2.45) is 0 Å². The average molecular weight is 445 g/mol. The molecule has 1 amide bonds. The minimum Gasteiger partial charge on any atom is -0.337 e. The Morgan fingerprint density at radius 1 is 1.41 bits per heavy atom. The maximum absolute atomic E-state index is 13.2. The summed E-state index contributed by atoms with van der Waals surface area (Å²) < 4.78 is 1.62. The van der Waals surface area contributed by atoms with Gasteiger partial charge in [-0.25, -0.2) is 4.98 Å². The van der Waals surface area contributed by atoms with E-state index in [2.05, 4.69) is 16.4 Å². The highest BCUT2D eigenvalue weighted by atomic mass is 32.2. The van der Waals surface area contributed by atoms with Gasteiger partial charge in [0, 0.05) is 22.4 Å². The number of thiophene rings is 2. The molecular formula is C20H20N4O2S3. The van der Waals surface area contributed by atoms with Crippen LogP contribution < -0.4 is 10.9 Å². The third-order valence-corrected chi connectivity index (χ3v) is 7.90. The number of carbonyl (C=O) groups excluding carboxylic acids is 1. The van der Waals surface area contributed by atoms with Crippen LogP contribution in [0.1, 0.15) is 32.6 Å². The zero-order chi connectivity index (χ0) is 20.4. The number of carbonyl (C=O) groups is 1. The van der Waals surface area contributed by atoms with E-state index in [1.807, 2.05) is 29.8 Å². The van der Waals surface area contributed by atoms with Crippen LogP contribution in [0.25, 0.3) is 20.7 Å². The van der Waals surface area contributed by atoms with Gasteiger partial charge in [0.25, 0.3) is 5.56 Å². The van der Waals surface area contributed by atoms with Crippen LogP contribution in [0.2, 0.25) is 0 Å². The molecule has 0 aromatic carbocycles. The second-order valence-corrected chi connectivity index (χ2v) is 9.74. The van der Waals surface area contributed by atoms with E-state index in [1.165, 1.54) is 23.1 Å². The monoisotopic (exact) mass is 444 g/mol. The van der Waals surface area contributed by atoms with Gasteiger partial charge in [0.05, 0.1) is 17.2 Å². The van der Waals surface area contributed by atoms with Crippen molar-refractivity contribution in [3.8, 4) is 16.5 Å². The minimum atomic E-state index is -0.733. The van der Waals surface area contributed by atoms with Gasteiger partial charge in [-0.15, -0.1) is 22.7 Å². The number of nitrogens with one attached hydrogen (secondary N) is 1. The number of nitrogens with zero attached hydrogens (tertiary/aromatic N) is 3. The Kier molecular flexibility index (Phi) is 5.76. The molecule has 150 valence electrons. The molecule has 3 aromatic heterocycles. The molecule has 1 aliphatic carbocycles. The summed E-state index contributed by atoms with van der Waals surface area (Å²) in [6.07, 6.45) is 3.31.